The molecule has 0 saturated carbocycles. The fraction of sp³-hybridized carbons (Fsp3) is 0.625. The number of unbranched alkanes of at least 4 members (excludes halogenated alkanes) is 11. The lowest BCUT2D eigenvalue weighted by molar-refractivity contribution is -0.145. The SMILES string of the molecule is NCCCCC(N)C(=O)NCCNC(=O)c1cc(OCCCCCNC(=O)CCCCCCCCCCC(=O)OCc2ccccc2)cc(C(=O)NCCNC(=O)[C@@H](N)CCCCN)c1. The summed E-state index contributed by atoms with van der Waals surface area (Å²) in [6.45, 7) is 2.90. The van der Waals surface area contributed by atoms with E-state index in [0.717, 1.165) is 95.5 Å². The van der Waals surface area contributed by atoms with E-state index in [-0.39, 0.29) is 61.0 Å². The average Bonchev–Trinajstić information content (AvgIpc) is 3.31. The number of hydrogen-bond donors (Lipinski definition) is 9. The van der Waals surface area contributed by atoms with Crippen LogP contribution in [0.2, 0.25) is 0 Å². The summed E-state index contributed by atoms with van der Waals surface area (Å²) in [5.74, 6) is -1.30. The van der Waals surface area contributed by atoms with E-state index in [9.17, 15) is 28.8 Å². The second kappa shape index (κ2) is 36.2. The maximum atomic E-state index is 13.2. The van der Waals surface area contributed by atoms with Crippen molar-refractivity contribution in [3.05, 3.63) is 65.2 Å². The van der Waals surface area contributed by atoms with Crippen LogP contribution in [0.3, 0.4) is 0 Å². The largest absolute Gasteiger partial charge is 0.494 e. The molecule has 0 aliphatic heterocycles. The summed E-state index contributed by atoms with van der Waals surface area (Å²) in [5.41, 5.74) is 24.3. The Bertz CT molecular complexity index is 1600. The molecule has 17 heteroatoms. The van der Waals surface area contributed by atoms with E-state index in [2.05, 4.69) is 26.6 Å². The standard InChI is InChI=1S/C48H79N9O8/c49-25-15-13-21-41(51)47(62)56-30-28-54-45(60)38-33-39(46(61)55-29-31-57-48(63)42(52)22-14-16-26-50)35-40(34-38)64-32-18-8-17-27-53-43(58)23-11-5-3-1-2-4-6-12-24-44(59)65-36-37-19-9-7-10-20-37/h7,9-10,19-20,33-35,41-42H,1-6,8,11-18,21-32,36,49-52H2,(H,53,58)(H,54,60)(H,55,61)(H,56,62)(H,57,63)/t41-,42?/m0/s1. The van der Waals surface area contributed by atoms with Crippen molar-refractivity contribution in [2.75, 3.05) is 52.4 Å². The summed E-state index contributed by atoms with van der Waals surface area (Å²) in [6, 6.07) is 12.9. The van der Waals surface area contributed by atoms with Crippen LogP contribution in [0.5, 0.6) is 5.75 Å². The van der Waals surface area contributed by atoms with Gasteiger partial charge in [0, 0.05) is 56.7 Å². The predicted molar refractivity (Wildman–Crippen MR) is 254 cm³/mol. The molecule has 2 aromatic carbocycles. The van der Waals surface area contributed by atoms with Crippen LogP contribution < -0.4 is 54.3 Å². The van der Waals surface area contributed by atoms with Crippen molar-refractivity contribution in [3.8, 4) is 5.75 Å². The smallest absolute Gasteiger partial charge is 0.306 e. The molecule has 0 saturated heterocycles. The number of hydrogen-bond acceptors (Lipinski definition) is 12. The van der Waals surface area contributed by atoms with Crippen molar-refractivity contribution in [3.63, 3.8) is 0 Å². The maximum absolute atomic E-state index is 13.2. The van der Waals surface area contributed by atoms with Gasteiger partial charge in [-0.15, -0.1) is 0 Å². The Balaban J connectivity index is 1.69. The first-order chi connectivity index (χ1) is 31.5. The molecule has 0 aliphatic rings. The molecule has 13 N–H and O–H groups in total. The second-order valence-corrected chi connectivity index (χ2v) is 16.4. The first-order valence-electron chi connectivity index (χ1n) is 23.8. The highest BCUT2D eigenvalue weighted by atomic mass is 16.5. The molecule has 5 amide bonds. The molecule has 0 spiro atoms. The van der Waals surface area contributed by atoms with Crippen LogP contribution in [0.15, 0.2) is 48.5 Å². The number of nitrogens with one attached hydrogen (secondary N) is 5. The molecule has 0 aliphatic carbocycles. The highest BCUT2D eigenvalue weighted by Gasteiger charge is 2.17. The number of rotatable bonds is 38. The summed E-state index contributed by atoms with van der Waals surface area (Å²) < 4.78 is 11.3. The second-order valence-electron chi connectivity index (χ2n) is 16.4. The molecule has 2 aromatic rings. The van der Waals surface area contributed by atoms with Crippen LogP contribution in [0.4, 0.5) is 0 Å². The fourth-order valence-electron chi connectivity index (χ4n) is 6.75. The van der Waals surface area contributed by atoms with E-state index in [1.54, 1.807) is 12.1 Å². The predicted octanol–water partition coefficient (Wildman–Crippen LogP) is 3.60. The first kappa shape index (κ1) is 56.0. The van der Waals surface area contributed by atoms with Gasteiger partial charge in [-0.3, -0.25) is 28.8 Å². The van der Waals surface area contributed by atoms with Crippen LogP contribution in [-0.2, 0) is 30.5 Å². The van der Waals surface area contributed by atoms with Gasteiger partial charge in [-0.25, -0.2) is 0 Å². The van der Waals surface area contributed by atoms with E-state index in [1.807, 2.05) is 30.3 Å². The van der Waals surface area contributed by atoms with Crippen molar-refractivity contribution in [2.24, 2.45) is 22.9 Å². The number of benzene rings is 2. The molecule has 0 heterocycles. The van der Waals surface area contributed by atoms with Gasteiger partial charge < -0.3 is 59.0 Å². The monoisotopic (exact) mass is 910 g/mol. The van der Waals surface area contributed by atoms with Gasteiger partial charge >= 0.3 is 5.97 Å². The molecule has 0 radical (unpaired) electrons. The molecule has 65 heavy (non-hydrogen) atoms. The van der Waals surface area contributed by atoms with Crippen molar-refractivity contribution >= 4 is 35.5 Å². The van der Waals surface area contributed by atoms with Crippen LogP contribution in [-0.4, -0.2) is 100 Å². The van der Waals surface area contributed by atoms with Gasteiger partial charge in [0.05, 0.1) is 18.7 Å². The van der Waals surface area contributed by atoms with Gasteiger partial charge in [0.1, 0.15) is 12.4 Å². The number of carbonyl (C=O) groups excluding carboxylic acids is 6. The van der Waals surface area contributed by atoms with Gasteiger partial charge in [-0.1, -0.05) is 81.7 Å². The van der Waals surface area contributed by atoms with E-state index in [0.29, 0.717) is 70.7 Å². The number of nitrogens with two attached hydrogens (primary N) is 4. The molecule has 2 atom stereocenters. The molecular weight excluding hydrogens is 831 g/mol. The normalized spacial score (nSPS) is 11.8. The Hall–Kier alpha value is -5.10. The number of esters is 1. The topological polar surface area (TPSA) is 285 Å². The van der Waals surface area contributed by atoms with Gasteiger partial charge in [-0.2, -0.15) is 0 Å². The van der Waals surface area contributed by atoms with Gasteiger partial charge in [0.25, 0.3) is 11.8 Å². The third-order valence-corrected chi connectivity index (χ3v) is 10.7. The number of ether oxygens (including phenoxy) is 2. The molecule has 17 nitrogen and oxygen atoms in total. The van der Waals surface area contributed by atoms with Crippen LogP contribution >= 0.6 is 0 Å². The minimum Gasteiger partial charge on any atom is -0.494 e. The molecule has 364 valence electrons. The van der Waals surface area contributed by atoms with Gasteiger partial charge in [0.15, 0.2) is 0 Å². The molecular formula is C48H79N9O8. The Labute approximate surface area is 386 Å². The number of carbonyl (C=O) groups is 6. The first-order valence-corrected chi connectivity index (χ1v) is 23.8. The third kappa shape index (κ3) is 27.7. The van der Waals surface area contributed by atoms with E-state index in [4.69, 9.17) is 32.4 Å². The zero-order valence-corrected chi connectivity index (χ0v) is 38.6. The summed E-state index contributed by atoms with van der Waals surface area (Å²) in [5, 5.41) is 14.0. The van der Waals surface area contributed by atoms with E-state index >= 15 is 0 Å². The van der Waals surface area contributed by atoms with Crippen LogP contribution in [0.25, 0.3) is 0 Å². The van der Waals surface area contributed by atoms with E-state index < -0.39 is 23.9 Å². The van der Waals surface area contributed by atoms with Crippen LogP contribution in [0, 0.1) is 0 Å². The molecule has 0 aromatic heterocycles. The Morgan fingerprint density at radius 2 is 1.00 bits per heavy atom. The average molecular weight is 910 g/mol. The molecule has 1 unspecified atom stereocenters. The quantitative estimate of drug-likeness (QED) is 0.0345. The molecule has 0 fully saturated rings. The van der Waals surface area contributed by atoms with E-state index in [1.165, 1.54) is 6.07 Å². The van der Waals surface area contributed by atoms with Gasteiger partial charge in [0.2, 0.25) is 17.7 Å². The van der Waals surface area contributed by atoms with Gasteiger partial charge in [-0.05, 0) is 94.6 Å². The zero-order chi connectivity index (χ0) is 47.3. The summed E-state index contributed by atoms with van der Waals surface area (Å²) in [4.78, 5) is 75.3. The lowest BCUT2D eigenvalue weighted by Crippen LogP contribution is -2.43. The summed E-state index contributed by atoms with van der Waals surface area (Å²) >= 11 is 0. The Kier molecular flexibility index (Phi) is 31.2. The van der Waals surface area contributed by atoms with Crippen molar-refractivity contribution in [2.45, 2.75) is 141 Å². The minimum atomic E-state index is -0.658. The zero-order valence-electron chi connectivity index (χ0n) is 38.6. The van der Waals surface area contributed by atoms with Crippen LogP contribution in [0.1, 0.15) is 148 Å². The minimum absolute atomic E-state index is 0.0508. The summed E-state index contributed by atoms with van der Waals surface area (Å²) in [7, 11) is 0. The molecule has 0 bridgehead atoms. The highest BCUT2D eigenvalue weighted by molar-refractivity contribution is 6.00. The Morgan fingerprint density at radius 1 is 0.508 bits per heavy atom. The lowest BCUT2D eigenvalue weighted by atomic mass is 10.1. The fourth-order valence-corrected chi connectivity index (χ4v) is 6.75. The third-order valence-electron chi connectivity index (χ3n) is 10.7. The van der Waals surface area contributed by atoms with Crippen molar-refractivity contribution in [1.82, 2.24) is 26.6 Å². The highest BCUT2D eigenvalue weighted by Crippen LogP contribution is 2.19. The lowest BCUT2D eigenvalue weighted by Gasteiger charge is -2.14. The number of amides is 5. The molecule has 2 rings (SSSR count). The Morgan fingerprint density at radius 3 is 1.54 bits per heavy atom. The van der Waals surface area contributed by atoms with Crippen molar-refractivity contribution in [1.29, 1.82) is 0 Å². The summed E-state index contributed by atoms with van der Waals surface area (Å²) in [6.07, 6.45) is 15.5. The van der Waals surface area contributed by atoms with Crippen molar-refractivity contribution < 1.29 is 38.2 Å². The maximum Gasteiger partial charge on any atom is 0.306 e.